The maximum absolute atomic E-state index is 13.1. The molecule has 0 saturated carbocycles. The Morgan fingerprint density at radius 2 is 1.89 bits per heavy atom. The van der Waals surface area contributed by atoms with Gasteiger partial charge in [0.2, 0.25) is 0 Å². The van der Waals surface area contributed by atoms with Crippen molar-refractivity contribution in [1.29, 1.82) is 0 Å². The predicted octanol–water partition coefficient (Wildman–Crippen LogP) is 2.72. The maximum Gasteiger partial charge on any atom is 0.270 e. The Kier molecular flexibility index (Phi) is 4.61. The Morgan fingerprint density at radius 1 is 1.15 bits per heavy atom. The molecule has 0 aliphatic carbocycles. The maximum atomic E-state index is 13.1. The Bertz CT molecular complexity index is 939. The van der Waals surface area contributed by atoms with Gasteiger partial charge in [-0.2, -0.15) is 0 Å². The monoisotopic (exact) mass is 363 g/mol. The lowest BCUT2D eigenvalue weighted by atomic mass is 10.0. The fraction of sp³-hybridized carbons (Fsp3) is 0.211. The molecule has 27 heavy (non-hydrogen) atoms. The van der Waals surface area contributed by atoms with Crippen LogP contribution in [0.15, 0.2) is 64.3 Å². The molecule has 1 aliphatic heterocycles. The van der Waals surface area contributed by atoms with Gasteiger partial charge in [-0.3, -0.25) is 4.79 Å². The van der Waals surface area contributed by atoms with Gasteiger partial charge in [0.15, 0.2) is 0 Å². The number of rotatable bonds is 4. The summed E-state index contributed by atoms with van der Waals surface area (Å²) in [5, 5.41) is 14.7. The van der Waals surface area contributed by atoms with Gasteiger partial charge in [0.05, 0.1) is 17.5 Å². The van der Waals surface area contributed by atoms with E-state index in [4.69, 9.17) is 9.36 Å². The molecule has 3 aromatic rings. The molecular weight excluding hydrogens is 346 g/mol. The summed E-state index contributed by atoms with van der Waals surface area (Å²) in [5.41, 5.74) is 3.45. The van der Waals surface area contributed by atoms with E-state index in [2.05, 4.69) is 20.7 Å². The number of nitrogens with zero attached hydrogens (tertiary/aromatic N) is 5. The van der Waals surface area contributed by atoms with E-state index in [0.29, 0.717) is 18.5 Å². The number of carbonyl (C=O) groups excluding carboxylic acids is 1. The van der Waals surface area contributed by atoms with Crippen LogP contribution in [-0.4, -0.2) is 45.8 Å². The van der Waals surface area contributed by atoms with Gasteiger partial charge in [-0.05, 0) is 28.5 Å². The fourth-order valence-electron chi connectivity index (χ4n) is 3.20. The molecule has 1 saturated heterocycles. The third-order valence-electron chi connectivity index (χ3n) is 4.48. The first kappa shape index (κ1) is 16.9. The first-order chi connectivity index (χ1) is 13.3. The van der Waals surface area contributed by atoms with Crippen LogP contribution in [0, 0.1) is 0 Å². The highest BCUT2D eigenvalue weighted by Gasteiger charge is 2.38. The van der Waals surface area contributed by atoms with Crippen molar-refractivity contribution in [3.8, 4) is 11.1 Å². The lowest BCUT2D eigenvalue weighted by Crippen LogP contribution is -2.31. The van der Waals surface area contributed by atoms with Crippen molar-refractivity contribution in [3.63, 3.8) is 0 Å². The van der Waals surface area contributed by atoms with Gasteiger partial charge in [-0.25, -0.2) is 0 Å². The van der Waals surface area contributed by atoms with Gasteiger partial charge >= 0.3 is 0 Å². The van der Waals surface area contributed by atoms with Crippen LogP contribution in [0.1, 0.15) is 28.7 Å². The van der Waals surface area contributed by atoms with Crippen LogP contribution >= 0.6 is 0 Å². The third kappa shape index (κ3) is 3.41. The Hall–Kier alpha value is -3.55. The highest BCUT2D eigenvalue weighted by molar-refractivity contribution is 6.00. The van der Waals surface area contributed by atoms with E-state index in [1.54, 1.807) is 4.90 Å². The molecule has 0 radical (unpaired) electrons. The van der Waals surface area contributed by atoms with Gasteiger partial charge in [0.25, 0.3) is 11.8 Å². The molecule has 8 nitrogen and oxygen atoms in total. The molecule has 0 N–H and O–H groups in total. The van der Waals surface area contributed by atoms with Gasteiger partial charge in [-0.1, -0.05) is 52.7 Å². The fourth-order valence-corrected chi connectivity index (χ4v) is 3.20. The summed E-state index contributed by atoms with van der Waals surface area (Å²) in [6.45, 7) is 0.333. The first-order valence-corrected chi connectivity index (χ1v) is 8.46. The zero-order valence-electron chi connectivity index (χ0n) is 14.6. The zero-order valence-corrected chi connectivity index (χ0v) is 14.6. The molecular formula is C19H17N5O3. The van der Waals surface area contributed by atoms with Crippen LogP contribution < -0.4 is 0 Å². The average Bonchev–Trinajstić information content (AvgIpc) is 3.38. The highest BCUT2D eigenvalue weighted by atomic mass is 16.6. The summed E-state index contributed by atoms with van der Waals surface area (Å²) in [6, 6.07) is 17.1. The van der Waals surface area contributed by atoms with Gasteiger partial charge in [-0.15, -0.1) is 0 Å². The number of hydrogen-bond donors (Lipinski definition) is 0. The summed E-state index contributed by atoms with van der Waals surface area (Å²) in [6.07, 6.45) is 0.464. The topological polar surface area (TPSA) is 93.7 Å². The van der Waals surface area contributed by atoms with Gasteiger partial charge < -0.3 is 14.3 Å². The number of hydrogen-bond acceptors (Lipinski definition) is 7. The van der Waals surface area contributed by atoms with Crippen molar-refractivity contribution >= 4 is 11.6 Å². The van der Waals surface area contributed by atoms with E-state index in [1.165, 1.54) is 7.11 Å². The quantitative estimate of drug-likeness (QED) is 0.662. The normalized spacial score (nSPS) is 18.0. The van der Waals surface area contributed by atoms with Crippen LogP contribution in [0.5, 0.6) is 0 Å². The summed E-state index contributed by atoms with van der Waals surface area (Å²) in [7, 11) is 1.48. The van der Waals surface area contributed by atoms with Gasteiger partial charge in [0.1, 0.15) is 13.2 Å². The third-order valence-corrected chi connectivity index (χ3v) is 4.48. The smallest absolute Gasteiger partial charge is 0.270 e. The molecule has 136 valence electrons. The molecule has 2 aromatic carbocycles. The van der Waals surface area contributed by atoms with Crippen LogP contribution in [0.25, 0.3) is 11.1 Å². The molecule has 4 rings (SSSR count). The van der Waals surface area contributed by atoms with E-state index in [0.717, 1.165) is 16.8 Å². The summed E-state index contributed by atoms with van der Waals surface area (Å²) >= 11 is 0. The zero-order chi connectivity index (χ0) is 18.6. The van der Waals surface area contributed by atoms with Crippen molar-refractivity contribution < 1.29 is 14.2 Å². The average molecular weight is 363 g/mol. The molecule has 0 unspecified atom stereocenters. The molecule has 1 aliphatic rings. The second kappa shape index (κ2) is 7.36. The standard InChI is InChI=1S/C19H17N5O3/c1-26-21-16-11-17(18-20-22-23-27-18)24(12-16)19(25)15-9-7-14(8-10-15)13-5-3-2-4-6-13/h2-10,17H,11-12H2,1H3/t17-/m0/s1. The highest BCUT2D eigenvalue weighted by Crippen LogP contribution is 2.31. The summed E-state index contributed by atoms with van der Waals surface area (Å²) in [4.78, 5) is 19.6. The minimum absolute atomic E-state index is 0.140. The van der Waals surface area contributed by atoms with E-state index >= 15 is 0 Å². The largest absolute Gasteiger partial charge is 0.399 e. The van der Waals surface area contributed by atoms with Crippen LogP contribution in [0.2, 0.25) is 0 Å². The van der Waals surface area contributed by atoms with E-state index in [-0.39, 0.29) is 11.8 Å². The van der Waals surface area contributed by atoms with Crippen molar-refractivity contribution in [1.82, 2.24) is 20.5 Å². The van der Waals surface area contributed by atoms with Crippen molar-refractivity contribution in [3.05, 3.63) is 66.1 Å². The number of benzene rings is 2. The number of oxime groups is 1. The number of amides is 1. The summed E-state index contributed by atoms with van der Waals surface area (Å²) in [5.74, 6) is 0.143. The van der Waals surface area contributed by atoms with Crippen LogP contribution in [0.4, 0.5) is 0 Å². The molecule has 8 heteroatoms. The van der Waals surface area contributed by atoms with E-state index in [9.17, 15) is 4.79 Å². The molecule has 0 bridgehead atoms. The molecule has 1 amide bonds. The Balaban J connectivity index is 1.59. The molecule has 1 fully saturated rings. The number of likely N-dealkylation sites (tertiary alicyclic amines) is 1. The lowest BCUT2D eigenvalue weighted by Gasteiger charge is -2.21. The molecule has 1 atom stereocenters. The summed E-state index contributed by atoms with van der Waals surface area (Å²) < 4.78 is 5.08. The van der Waals surface area contributed by atoms with Crippen molar-refractivity contribution in [2.24, 2.45) is 5.16 Å². The molecule has 2 heterocycles. The Morgan fingerprint density at radius 3 is 2.56 bits per heavy atom. The van der Waals surface area contributed by atoms with Crippen molar-refractivity contribution in [2.75, 3.05) is 13.7 Å². The van der Waals surface area contributed by atoms with Crippen molar-refractivity contribution in [2.45, 2.75) is 12.5 Å². The Labute approximate surface area is 155 Å². The van der Waals surface area contributed by atoms with Crippen LogP contribution in [-0.2, 0) is 4.84 Å². The predicted molar refractivity (Wildman–Crippen MR) is 96.8 cm³/mol. The lowest BCUT2D eigenvalue weighted by molar-refractivity contribution is 0.0713. The second-order valence-electron chi connectivity index (χ2n) is 6.14. The first-order valence-electron chi connectivity index (χ1n) is 8.46. The number of carbonyl (C=O) groups is 1. The van der Waals surface area contributed by atoms with Crippen LogP contribution in [0.3, 0.4) is 0 Å². The molecule has 0 spiro atoms. The second-order valence-corrected chi connectivity index (χ2v) is 6.14. The van der Waals surface area contributed by atoms with Gasteiger partial charge in [0, 0.05) is 12.0 Å². The number of aromatic nitrogens is 3. The van der Waals surface area contributed by atoms with E-state index in [1.807, 2.05) is 54.6 Å². The van der Waals surface area contributed by atoms with E-state index < -0.39 is 6.04 Å². The molecule has 1 aromatic heterocycles. The minimum atomic E-state index is -0.407. The minimum Gasteiger partial charge on any atom is -0.399 e. The SMILES string of the molecule is CON=C1C[C@@H](c2nnno2)N(C(=O)c2ccc(-c3ccccc3)cc2)C1.